The van der Waals surface area contributed by atoms with Gasteiger partial charge in [-0.05, 0) is 78.8 Å². The average molecular weight is 563 g/mol. The highest BCUT2D eigenvalue weighted by atomic mass is 32.2. The molecule has 2 fully saturated rings. The topological polar surface area (TPSA) is 118 Å². The zero-order valence-electron chi connectivity index (χ0n) is 21.2. The molecule has 2 aliphatic carbocycles. The summed E-state index contributed by atoms with van der Waals surface area (Å²) in [7, 11) is -5.79. The van der Waals surface area contributed by atoms with Gasteiger partial charge in [-0.3, -0.25) is 4.79 Å². The average Bonchev–Trinajstić information content (AvgIpc) is 3.69. The van der Waals surface area contributed by atoms with Gasteiger partial charge in [-0.1, -0.05) is 25.0 Å². The lowest BCUT2D eigenvalue weighted by atomic mass is 9.79. The summed E-state index contributed by atoms with van der Waals surface area (Å²) in [6, 6.07) is 8.56. The number of carbonyl (C=O) groups excluding carboxylic acids is 1. The van der Waals surface area contributed by atoms with Gasteiger partial charge < -0.3 is 19.8 Å². The van der Waals surface area contributed by atoms with Crippen LogP contribution in [0.1, 0.15) is 67.9 Å². The van der Waals surface area contributed by atoms with Crippen LogP contribution in [0.3, 0.4) is 0 Å². The van der Waals surface area contributed by atoms with E-state index in [9.17, 15) is 26.4 Å². The Balaban J connectivity index is 1.41. The molecule has 8 nitrogen and oxygen atoms in total. The van der Waals surface area contributed by atoms with E-state index in [1.54, 1.807) is 11.0 Å². The highest BCUT2D eigenvalue weighted by Gasteiger charge is 2.51. The number of rotatable bonds is 5. The highest BCUT2D eigenvalue weighted by Crippen LogP contribution is 2.55. The maximum Gasteiger partial charge on any atom is 0.534 e. The Hall–Kier alpha value is -3.12. The Kier molecular flexibility index (Phi) is 6.18. The second kappa shape index (κ2) is 9.22. The van der Waals surface area contributed by atoms with Gasteiger partial charge in [0.2, 0.25) is 5.91 Å². The summed E-state index contributed by atoms with van der Waals surface area (Å²) in [5.41, 5.74) is 4.32. The van der Waals surface area contributed by atoms with Crippen molar-refractivity contribution in [2.24, 2.45) is 5.73 Å². The number of alkyl halides is 3. The number of nitrogens with zero attached hydrogens (tertiary/aromatic N) is 2. The monoisotopic (exact) mass is 562 g/mol. The highest BCUT2D eigenvalue weighted by molar-refractivity contribution is 7.88. The van der Waals surface area contributed by atoms with E-state index in [0.29, 0.717) is 24.4 Å². The molecule has 3 aromatic rings. The van der Waals surface area contributed by atoms with Crippen molar-refractivity contribution in [1.82, 2.24) is 14.9 Å². The number of aromatic nitrogens is 2. The molecule has 1 unspecified atom stereocenters. The first kappa shape index (κ1) is 26.1. The summed E-state index contributed by atoms with van der Waals surface area (Å²) in [4.78, 5) is 22.1. The third kappa shape index (κ3) is 4.28. The zero-order valence-corrected chi connectivity index (χ0v) is 22.0. The number of hydrogen-bond donors (Lipinski definition) is 2. The predicted molar refractivity (Wildman–Crippen MR) is 138 cm³/mol. The Morgan fingerprint density at radius 2 is 1.92 bits per heavy atom. The summed E-state index contributed by atoms with van der Waals surface area (Å²) in [6.45, 7) is 0.576. The van der Waals surface area contributed by atoms with Crippen molar-refractivity contribution >= 4 is 27.1 Å². The predicted octanol–water partition coefficient (Wildman–Crippen LogP) is 4.84. The van der Waals surface area contributed by atoms with Crippen molar-refractivity contribution < 1.29 is 30.6 Å². The van der Waals surface area contributed by atoms with E-state index in [1.165, 1.54) is 6.07 Å². The zero-order chi connectivity index (χ0) is 27.6. The van der Waals surface area contributed by atoms with E-state index in [2.05, 4.69) is 4.98 Å². The number of carbonyl (C=O) groups is 1. The van der Waals surface area contributed by atoms with Crippen molar-refractivity contribution in [3.05, 3.63) is 47.3 Å². The molecule has 1 aromatic heterocycles. The van der Waals surface area contributed by atoms with Crippen molar-refractivity contribution in [1.29, 1.82) is 0 Å². The van der Waals surface area contributed by atoms with Crippen LogP contribution in [0.5, 0.6) is 5.75 Å². The Morgan fingerprint density at radius 3 is 2.64 bits per heavy atom. The number of nitrogens with one attached hydrogen (secondary N) is 1. The van der Waals surface area contributed by atoms with Crippen LogP contribution in [0, 0.1) is 0 Å². The molecule has 2 aromatic carbocycles. The Bertz CT molecular complexity index is 1560. The van der Waals surface area contributed by atoms with Gasteiger partial charge in [0.15, 0.2) is 0 Å². The number of amides is 1. The van der Waals surface area contributed by atoms with Crippen LogP contribution in [-0.4, -0.2) is 47.8 Å². The first-order valence-corrected chi connectivity index (χ1v) is 14.6. The fourth-order valence-corrected chi connectivity index (χ4v) is 7.31. The van der Waals surface area contributed by atoms with Gasteiger partial charge in [0.05, 0.1) is 23.6 Å². The third-order valence-electron chi connectivity index (χ3n) is 8.58. The number of nitrogens with two attached hydrogens (primary N) is 1. The molecule has 0 radical (unpaired) electrons. The Labute approximate surface area is 223 Å². The molecule has 2 heterocycles. The first-order valence-electron chi connectivity index (χ1n) is 13.2. The lowest BCUT2D eigenvalue weighted by Crippen LogP contribution is -2.35. The van der Waals surface area contributed by atoms with Crippen molar-refractivity contribution in [2.45, 2.75) is 68.3 Å². The van der Waals surface area contributed by atoms with E-state index in [-0.39, 0.29) is 29.7 Å². The molecule has 1 amide bonds. The molecule has 6 rings (SSSR count). The normalized spacial score (nSPS) is 20.7. The summed E-state index contributed by atoms with van der Waals surface area (Å²) in [6.07, 6.45) is 6.46. The smallest absolute Gasteiger partial charge is 0.376 e. The molecule has 1 saturated heterocycles. The molecular weight excluding hydrogens is 533 g/mol. The van der Waals surface area contributed by atoms with Crippen LogP contribution in [0.15, 0.2) is 30.3 Å². The number of H-pyrrole nitrogens is 1. The fraction of sp³-hybridized carbons (Fsp3) is 0.481. The number of likely N-dealkylation sites (tertiary alicyclic amines) is 1. The van der Waals surface area contributed by atoms with Crippen molar-refractivity contribution in [3.8, 4) is 16.9 Å². The van der Waals surface area contributed by atoms with Crippen LogP contribution >= 0.6 is 0 Å². The lowest BCUT2D eigenvalue weighted by molar-refractivity contribution is -0.130. The van der Waals surface area contributed by atoms with Gasteiger partial charge in [0.25, 0.3) is 0 Å². The first-order chi connectivity index (χ1) is 18.5. The number of imidazole rings is 1. The largest absolute Gasteiger partial charge is 0.534 e. The van der Waals surface area contributed by atoms with Gasteiger partial charge >= 0.3 is 15.6 Å². The number of halogens is 3. The second-order valence-electron chi connectivity index (χ2n) is 10.7. The summed E-state index contributed by atoms with van der Waals surface area (Å²) in [5.74, 6) is 0.351. The SMILES string of the molecule is NCC(=O)N1CCCC1c1nc2ccc(-c3ccc(OS(=O)(=O)C(F)(F)F)c4c3CCC43CCCC3)cc2[nH]1. The van der Waals surface area contributed by atoms with Gasteiger partial charge in [-0.15, -0.1) is 0 Å². The summed E-state index contributed by atoms with van der Waals surface area (Å²) >= 11 is 0. The molecule has 1 spiro atoms. The van der Waals surface area contributed by atoms with E-state index >= 15 is 0 Å². The molecular formula is C27H29F3N4O4S. The maximum atomic E-state index is 13.2. The van der Waals surface area contributed by atoms with Gasteiger partial charge in [0, 0.05) is 12.1 Å². The number of hydrogen-bond acceptors (Lipinski definition) is 6. The second-order valence-corrected chi connectivity index (χ2v) is 12.3. The molecule has 3 N–H and O–H groups in total. The van der Waals surface area contributed by atoms with E-state index in [4.69, 9.17) is 14.9 Å². The van der Waals surface area contributed by atoms with Gasteiger partial charge in [-0.25, -0.2) is 4.98 Å². The minimum Gasteiger partial charge on any atom is -0.376 e. The summed E-state index contributed by atoms with van der Waals surface area (Å²) in [5, 5.41) is 0. The standard InChI is InChI=1S/C27H29F3N4O4S/c28-27(29,30)39(36,37)38-22-8-6-17(18-9-12-26(24(18)22)10-1-2-11-26)16-5-7-19-20(14-16)33-25(32-19)21-4-3-13-34(21)23(35)15-31/h5-8,14,21H,1-4,9-13,15,31H2,(H,32,33). The van der Waals surface area contributed by atoms with Crippen LogP contribution in [0.25, 0.3) is 22.2 Å². The molecule has 1 atom stereocenters. The van der Waals surface area contributed by atoms with Crippen LogP contribution in [0.2, 0.25) is 0 Å². The van der Waals surface area contributed by atoms with E-state index < -0.39 is 15.6 Å². The van der Waals surface area contributed by atoms with Crippen LogP contribution in [0.4, 0.5) is 13.2 Å². The molecule has 1 aliphatic heterocycles. The van der Waals surface area contributed by atoms with Crippen molar-refractivity contribution in [3.63, 3.8) is 0 Å². The Morgan fingerprint density at radius 1 is 1.15 bits per heavy atom. The van der Waals surface area contributed by atoms with Gasteiger partial charge in [-0.2, -0.15) is 21.6 Å². The molecule has 0 bridgehead atoms. The fourth-order valence-electron chi connectivity index (χ4n) is 6.84. The van der Waals surface area contributed by atoms with Gasteiger partial charge in [0.1, 0.15) is 11.6 Å². The minimum atomic E-state index is -5.79. The molecule has 12 heteroatoms. The van der Waals surface area contributed by atoms with Crippen LogP contribution in [-0.2, 0) is 26.7 Å². The molecule has 3 aliphatic rings. The number of fused-ring (bicyclic) bond motifs is 3. The minimum absolute atomic E-state index is 0.0581. The lowest BCUT2D eigenvalue weighted by Gasteiger charge is -2.27. The molecule has 1 saturated carbocycles. The maximum absolute atomic E-state index is 13.2. The van der Waals surface area contributed by atoms with E-state index in [0.717, 1.165) is 72.7 Å². The molecule has 208 valence electrons. The third-order valence-corrected chi connectivity index (χ3v) is 9.54. The van der Waals surface area contributed by atoms with Crippen molar-refractivity contribution in [2.75, 3.05) is 13.1 Å². The quantitative estimate of drug-likeness (QED) is 0.340. The molecule has 39 heavy (non-hydrogen) atoms. The number of aromatic amines is 1. The summed E-state index contributed by atoms with van der Waals surface area (Å²) < 4.78 is 68.2. The van der Waals surface area contributed by atoms with Crippen LogP contribution < -0.4 is 9.92 Å². The van der Waals surface area contributed by atoms with E-state index in [1.807, 2.05) is 18.2 Å². The number of benzene rings is 2.